The first-order valence-electron chi connectivity index (χ1n) is 28.4. The second-order valence-corrected chi connectivity index (χ2v) is 21.4. The molecule has 13 atom stereocenters. The number of carboxylic acids is 1. The summed E-state index contributed by atoms with van der Waals surface area (Å²) in [6.07, 6.45) is -0.191. The molecule has 0 spiro atoms. The van der Waals surface area contributed by atoms with E-state index in [2.05, 4.69) is 47.5 Å². The fourth-order valence-electron chi connectivity index (χ4n) is 8.12. The van der Waals surface area contributed by atoms with Crippen LogP contribution in [-0.2, 0) is 47.9 Å². The average Bonchev–Trinajstić information content (AvgIpc) is 3.41. The minimum absolute atomic E-state index is 0.00221. The first-order valence-corrected chi connectivity index (χ1v) is 28.4. The molecule has 0 saturated heterocycles. The molecule has 0 rings (SSSR count). The number of guanidine groups is 1. The Bertz CT molecular complexity index is 2050. The molecule has 82 heavy (non-hydrogen) atoms. The molecule has 30 heteroatoms. The van der Waals surface area contributed by atoms with Crippen molar-refractivity contribution < 1.29 is 68.4 Å². The molecule has 0 aliphatic heterocycles. The minimum Gasteiger partial charge on any atom is -0.480 e. The number of carboxylic acid groups (broad SMARTS) is 1. The predicted octanol–water partition coefficient (Wildman–Crippen LogP) is -5.30. The number of unbranched alkanes of at least 4 members (excludes halogenated alkanes) is 3. The fraction of sp³-hybridized carbons (Fsp3) is 0.788. The Morgan fingerprint density at radius 2 is 0.780 bits per heavy atom. The lowest BCUT2D eigenvalue weighted by molar-refractivity contribution is -0.144. The van der Waals surface area contributed by atoms with Crippen LogP contribution < -0.4 is 82.3 Å². The molecule has 0 heterocycles. The highest BCUT2D eigenvalue weighted by atomic mass is 16.4. The number of aliphatic carboxylic acids is 1. The van der Waals surface area contributed by atoms with Crippen LogP contribution in [0.3, 0.4) is 0 Å². The Balaban J connectivity index is 6.97. The standard InChI is InChI=1S/C52H100N16O14/c1-9-29(6)39(48(78)68-41(31(8)71)50(80)65-37(26-69)51(81)82)66-44(74)35(20-16-24-59-52(57)58)61-42(72)32(17-10-13-21-53)62-46(76)36(25-27(2)3)64-49(79)40(30(7)70)67-45(75)34(19-12-15-23-55)60-43(73)33(18-11-14-22-54)63-47(77)38(56)28(4)5/h27-41,69-71H,9-26,53-56H2,1-8H3,(H,60,73)(H,61,72)(H,62,76)(H,63,77)(H,64,79)(H,65,80)(H,66,74)(H,67,75)(H,68,78)(H,81,82)(H4,57,58,59)/t29-,30+,31+,32-,33-,34-,35-,36-,37-,38-,39-,40-,41-/m0/s1. The molecule has 472 valence electrons. The third kappa shape index (κ3) is 29.1. The third-order valence-corrected chi connectivity index (χ3v) is 13.4. The van der Waals surface area contributed by atoms with Crippen LogP contribution in [0.5, 0.6) is 0 Å². The van der Waals surface area contributed by atoms with Crippen LogP contribution in [0.15, 0.2) is 4.99 Å². The van der Waals surface area contributed by atoms with Crippen LogP contribution in [-0.4, -0.2) is 191 Å². The third-order valence-electron chi connectivity index (χ3n) is 13.4. The molecule has 9 amide bonds. The number of hydrogen-bond donors (Lipinski definition) is 19. The van der Waals surface area contributed by atoms with Crippen molar-refractivity contribution in [1.82, 2.24) is 47.9 Å². The van der Waals surface area contributed by atoms with Crippen molar-refractivity contribution in [2.75, 3.05) is 32.8 Å². The van der Waals surface area contributed by atoms with Crippen LogP contribution in [0.2, 0.25) is 0 Å². The van der Waals surface area contributed by atoms with Crippen LogP contribution in [0.1, 0.15) is 139 Å². The van der Waals surface area contributed by atoms with Gasteiger partial charge >= 0.3 is 5.97 Å². The van der Waals surface area contributed by atoms with Gasteiger partial charge in [0, 0.05) is 6.54 Å². The Morgan fingerprint density at radius 1 is 0.451 bits per heavy atom. The lowest BCUT2D eigenvalue weighted by Crippen LogP contribution is -2.62. The molecule has 0 aliphatic rings. The Kier molecular flexibility index (Phi) is 37.7. The van der Waals surface area contributed by atoms with Gasteiger partial charge in [-0.1, -0.05) is 48.0 Å². The van der Waals surface area contributed by atoms with E-state index < -0.39 is 144 Å². The van der Waals surface area contributed by atoms with E-state index in [9.17, 15) is 68.4 Å². The van der Waals surface area contributed by atoms with Gasteiger partial charge < -0.3 is 103 Å². The van der Waals surface area contributed by atoms with E-state index in [0.29, 0.717) is 45.1 Å². The van der Waals surface area contributed by atoms with Gasteiger partial charge in [-0.2, -0.15) is 0 Å². The quantitative estimate of drug-likeness (QED) is 0.0154. The Morgan fingerprint density at radius 3 is 1.12 bits per heavy atom. The Hall–Kier alpha value is -6.31. The number of aliphatic imine (C=N–C) groups is 1. The van der Waals surface area contributed by atoms with Crippen LogP contribution in [0.25, 0.3) is 0 Å². The Labute approximate surface area is 481 Å². The van der Waals surface area contributed by atoms with Crippen molar-refractivity contribution in [3.05, 3.63) is 0 Å². The van der Waals surface area contributed by atoms with Gasteiger partial charge in [-0.3, -0.25) is 48.1 Å². The zero-order valence-electron chi connectivity index (χ0n) is 49.2. The van der Waals surface area contributed by atoms with Crippen molar-refractivity contribution in [1.29, 1.82) is 0 Å². The van der Waals surface area contributed by atoms with Crippen molar-refractivity contribution in [3.63, 3.8) is 0 Å². The highest BCUT2D eigenvalue weighted by Crippen LogP contribution is 2.14. The number of hydrogen-bond acceptors (Lipinski definition) is 18. The van der Waals surface area contributed by atoms with Crippen molar-refractivity contribution in [2.24, 2.45) is 57.1 Å². The monoisotopic (exact) mass is 1170 g/mol. The number of rotatable bonds is 43. The van der Waals surface area contributed by atoms with Gasteiger partial charge in [0.25, 0.3) is 0 Å². The molecule has 0 aromatic heterocycles. The lowest BCUT2D eigenvalue weighted by atomic mass is 9.96. The number of aliphatic hydroxyl groups is 3. The SMILES string of the molecule is CC[C@H](C)[C@H](NC(=O)[C@H](CCCN=C(N)N)NC(=O)[C@H](CCCCN)NC(=O)[C@H](CC(C)C)NC(=O)[C@@H](NC(=O)[C@H](CCCCN)NC(=O)[C@H](CCCCN)NC(=O)[C@@H](N)C(C)C)[C@@H](C)O)C(=O)N[C@H](C(=O)N[C@@H](CO)C(=O)O)[C@@H](C)O. The molecule has 0 bridgehead atoms. The first kappa shape index (κ1) is 75.7. The number of carbonyl (C=O) groups excluding carboxylic acids is 9. The van der Waals surface area contributed by atoms with E-state index >= 15 is 0 Å². The summed E-state index contributed by atoms with van der Waals surface area (Å²) in [5.41, 5.74) is 34.3. The zero-order valence-corrected chi connectivity index (χ0v) is 49.2. The van der Waals surface area contributed by atoms with Gasteiger partial charge in [0.05, 0.1) is 24.9 Å². The van der Waals surface area contributed by atoms with E-state index in [-0.39, 0.29) is 82.4 Å². The summed E-state index contributed by atoms with van der Waals surface area (Å²) in [6.45, 7) is 12.5. The topological polar surface area (TPSA) is 528 Å². The van der Waals surface area contributed by atoms with E-state index in [4.69, 9.17) is 34.4 Å². The molecule has 0 unspecified atom stereocenters. The number of nitrogens with two attached hydrogens (primary N) is 6. The highest BCUT2D eigenvalue weighted by molar-refractivity contribution is 5.98. The van der Waals surface area contributed by atoms with Crippen LogP contribution >= 0.6 is 0 Å². The zero-order chi connectivity index (χ0) is 62.8. The lowest BCUT2D eigenvalue weighted by Gasteiger charge is -2.30. The summed E-state index contributed by atoms with van der Waals surface area (Å²) in [4.78, 5) is 140. The molecule has 25 N–H and O–H groups in total. The van der Waals surface area contributed by atoms with Gasteiger partial charge in [-0.25, -0.2) is 4.79 Å². The molecule has 0 fully saturated rings. The maximum Gasteiger partial charge on any atom is 0.328 e. The maximum absolute atomic E-state index is 14.4. The van der Waals surface area contributed by atoms with E-state index in [1.807, 2.05) is 5.32 Å². The van der Waals surface area contributed by atoms with E-state index in [1.165, 1.54) is 6.92 Å². The predicted molar refractivity (Wildman–Crippen MR) is 306 cm³/mol. The summed E-state index contributed by atoms with van der Waals surface area (Å²) >= 11 is 0. The molecule has 0 aromatic rings. The van der Waals surface area contributed by atoms with Crippen molar-refractivity contribution in [3.8, 4) is 0 Å². The van der Waals surface area contributed by atoms with Crippen LogP contribution in [0, 0.1) is 17.8 Å². The second-order valence-electron chi connectivity index (χ2n) is 21.4. The molecular formula is C52H100N16O14. The number of aliphatic hydroxyl groups excluding tert-OH is 3. The molecule has 0 aliphatic carbocycles. The molecule has 0 radical (unpaired) electrons. The average molecular weight is 1170 g/mol. The maximum atomic E-state index is 14.4. The number of nitrogens with zero attached hydrogens (tertiary/aromatic N) is 1. The van der Waals surface area contributed by atoms with Gasteiger partial charge in [0.15, 0.2) is 5.96 Å². The molecule has 30 nitrogen and oxygen atoms in total. The summed E-state index contributed by atoms with van der Waals surface area (Å²) in [6, 6.07) is -14.1. The summed E-state index contributed by atoms with van der Waals surface area (Å²) in [7, 11) is 0. The summed E-state index contributed by atoms with van der Waals surface area (Å²) in [5, 5.41) is 62.9. The molecule has 0 saturated carbocycles. The smallest absolute Gasteiger partial charge is 0.328 e. The van der Waals surface area contributed by atoms with E-state index in [1.54, 1.807) is 41.5 Å². The van der Waals surface area contributed by atoms with Crippen LogP contribution in [0.4, 0.5) is 0 Å². The number of carbonyl (C=O) groups is 10. The summed E-state index contributed by atoms with van der Waals surface area (Å²) in [5.74, 6) is -10.9. The first-order chi connectivity index (χ1) is 38.5. The highest BCUT2D eigenvalue weighted by Gasteiger charge is 2.38. The van der Waals surface area contributed by atoms with Gasteiger partial charge in [0.1, 0.15) is 54.4 Å². The largest absolute Gasteiger partial charge is 0.480 e. The van der Waals surface area contributed by atoms with Crippen molar-refractivity contribution >= 4 is 65.1 Å². The number of nitrogens with one attached hydrogen (secondary N) is 9. The minimum atomic E-state index is -1.76. The fourth-order valence-corrected chi connectivity index (χ4v) is 8.12. The van der Waals surface area contributed by atoms with Gasteiger partial charge in [-0.15, -0.1) is 0 Å². The van der Waals surface area contributed by atoms with Gasteiger partial charge in [0.2, 0.25) is 53.2 Å². The molecule has 0 aromatic carbocycles. The normalized spacial score (nSPS) is 16.1. The summed E-state index contributed by atoms with van der Waals surface area (Å²) < 4.78 is 0. The number of amides is 9. The van der Waals surface area contributed by atoms with Gasteiger partial charge in [-0.05, 0) is 128 Å². The van der Waals surface area contributed by atoms with Crippen molar-refractivity contribution in [2.45, 2.75) is 211 Å². The van der Waals surface area contributed by atoms with E-state index in [0.717, 1.165) is 6.92 Å². The molecular weight excluding hydrogens is 1070 g/mol. The second kappa shape index (κ2) is 40.8.